The van der Waals surface area contributed by atoms with E-state index in [4.69, 9.17) is 4.74 Å². The molecule has 4 N–H and O–H groups in total. The van der Waals surface area contributed by atoms with E-state index in [1.807, 2.05) is 54.6 Å². The van der Waals surface area contributed by atoms with Gasteiger partial charge in [-0.1, -0.05) is 68.4 Å². The molecule has 5 unspecified atom stereocenters. The summed E-state index contributed by atoms with van der Waals surface area (Å²) >= 11 is 0. The number of aryl methyl sites for hydroxylation is 1. The smallest absolute Gasteiger partial charge is 0.407 e. The first-order valence-corrected chi connectivity index (χ1v) is 21.3. The molecule has 0 radical (unpaired) electrons. The van der Waals surface area contributed by atoms with Crippen LogP contribution in [0.5, 0.6) is 0 Å². The summed E-state index contributed by atoms with van der Waals surface area (Å²) in [7, 11) is 2.39. The van der Waals surface area contributed by atoms with Gasteiger partial charge < -0.3 is 40.2 Å². The minimum Gasteiger partial charge on any atom is -0.453 e. The molecule has 3 aromatic carbocycles. The normalized spacial score (nSPS) is 21.5. The number of aromatic amines is 1. The zero-order chi connectivity index (χ0) is 45.4. The Hall–Kier alpha value is -6.85. The number of alkyl halides is 2. The van der Waals surface area contributed by atoms with Crippen LogP contribution in [-0.2, 0) is 41.5 Å². The fourth-order valence-corrected chi connectivity index (χ4v) is 9.30. The van der Waals surface area contributed by atoms with Gasteiger partial charge in [-0.2, -0.15) is 0 Å². The number of carbonyl (C=O) groups is 6. The van der Waals surface area contributed by atoms with Gasteiger partial charge in [0.1, 0.15) is 30.0 Å². The Kier molecular flexibility index (Phi) is 12.1. The van der Waals surface area contributed by atoms with Crippen molar-refractivity contribution < 1.29 is 47.0 Å². The van der Waals surface area contributed by atoms with Gasteiger partial charge in [-0.25, -0.2) is 23.4 Å². The standard InChI is InChI=1S/C46H50F2N8O8/c1-25(2)37(53-45(62)64-4)43(60)55-24-46(47,48)22-36(55)39-49-23-33(51-39)28-12-10-26(11-13-28)27-14-17-31(18-15-27)50-40(57)34-9-6-20-54(34)42(59)35-21-30-8-5-7-29-16-19-32(52-44(61)63-3)41(58)56(35)38(29)30/h5,7-8,10-15,17-18,23,25,32,34-37H,6,9,16,19-22,24H2,1-4H3,(H,49,51)(H,50,57)(H,52,61)(H,53,62). The number of methoxy groups -OCH3 is 2. The van der Waals surface area contributed by atoms with Crippen LogP contribution in [0.3, 0.4) is 0 Å². The number of imidazole rings is 1. The first-order chi connectivity index (χ1) is 30.7. The molecule has 0 saturated carbocycles. The predicted molar refractivity (Wildman–Crippen MR) is 230 cm³/mol. The summed E-state index contributed by atoms with van der Waals surface area (Å²) in [5, 5.41) is 8.06. The number of H-pyrrole nitrogens is 1. The molecule has 5 heterocycles. The Morgan fingerprint density at radius 3 is 2.22 bits per heavy atom. The van der Waals surface area contributed by atoms with Crippen LogP contribution < -0.4 is 20.9 Å². The van der Waals surface area contributed by atoms with E-state index in [2.05, 4.69) is 30.7 Å². The molecule has 0 aliphatic carbocycles. The number of nitrogens with zero attached hydrogens (tertiary/aromatic N) is 4. The fourth-order valence-electron chi connectivity index (χ4n) is 9.30. The average molecular weight is 881 g/mol. The first kappa shape index (κ1) is 43.8. The van der Waals surface area contributed by atoms with E-state index in [1.54, 1.807) is 30.9 Å². The van der Waals surface area contributed by atoms with Crippen molar-refractivity contribution in [3.8, 4) is 22.4 Å². The Balaban J connectivity index is 0.914. The van der Waals surface area contributed by atoms with E-state index in [9.17, 15) is 37.5 Å². The Labute approximate surface area is 368 Å². The molecule has 4 aliphatic rings. The van der Waals surface area contributed by atoms with Crippen LogP contribution in [0.15, 0.2) is 72.9 Å². The second kappa shape index (κ2) is 17.7. The van der Waals surface area contributed by atoms with Crippen LogP contribution in [0.4, 0.5) is 29.7 Å². The fraction of sp³-hybridized carbons (Fsp3) is 0.413. The lowest BCUT2D eigenvalue weighted by molar-refractivity contribution is -0.138. The van der Waals surface area contributed by atoms with Crippen LogP contribution in [0.25, 0.3) is 22.4 Å². The van der Waals surface area contributed by atoms with Gasteiger partial charge in [0.05, 0.1) is 44.4 Å². The molecule has 64 heavy (non-hydrogen) atoms. The molecule has 6 amide bonds. The molecular formula is C46H50F2N8O8. The minimum absolute atomic E-state index is 0.200. The van der Waals surface area contributed by atoms with Crippen LogP contribution in [0.1, 0.15) is 62.5 Å². The SMILES string of the molecule is COC(=O)NC1CCc2cccc3c2N(C1=O)C(C(=O)N1CCCC1C(=O)Nc1ccc(-c2ccc(-c4cnc(C5CC(F)(F)CN5C(=O)C(NC(=O)OC)C(C)C)[nH]4)cc2)cc1)C3. The highest BCUT2D eigenvalue weighted by Gasteiger charge is 2.51. The van der Waals surface area contributed by atoms with Gasteiger partial charge in [-0.05, 0) is 71.6 Å². The molecule has 2 fully saturated rings. The van der Waals surface area contributed by atoms with E-state index in [0.717, 1.165) is 39.8 Å². The second-order valence-corrected chi connectivity index (χ2v) is 17.0. The molecule has 1 aromatic heterocycles. The maximum atomic E-state index is 14.8. The summed E-state index contributed by atoms with van der Waals surface area (Å²) in [5.41, 5.74) is 6.06. The number of hydrogen-bond acceptors (Lipinski definition) is 9. The molecule has 16 nitrogen and oxygen atoms in total. The molecule has 0 spiro atoms. The number of rotatable bonds is 10. The third kappa shape index (κ3) is 8.60. The first-order valence-electron chi connectivity index (χ1n) is 21.3. The molecule has 4 aliphatic heterocycles. The summed E-state index contributed by atoms with van der Waals surface area (Å²) in [6.45, 7) is 2.96. The molecule has 336 valence electrons. The highest BCUT2D eigenvalue weighted by atomic mass is 19.3. The summed E-state index contributed by atoms with van der Waals surface area (Å²) in [6, 6.07) is 15.9. The molecule has 5 atom stereocenters. The lowest BCUT2D eigenvalue weighted by Gasteiger charge is -2.32. The van der Waals surface area contributed by atoms with Gasteiger partial charge in [0, 0.05) is 25.1 Å². The van der Waals surface area contributed by atoms with Crippen molar-refractivity contribution in [2.24, 2.45) is 5.92 Å². The van der Waals surface area contributed by atoms with E-state index in [0.29, 0.717) is 55.7 Å². The molecule has 4 aromatic rings. The highest BCUT2D eigenvalue weighted by Crippen LogP contribution is 2.42. The van der Waals surface area contributed by atoms with Crippen molar-refractivity contribution in [2.45, 2.75) is 88.5 Å². The maximum Gasteiger partial charge on any atom is 0.407 e. The lowest BCUT2D eigenvalue weighted by atomic mass is 10.0. The van der Waals surface area contributed by atoms with Gasteiger partial charge in [0.2, 0.25) is 23.6 Å². The number of alkyl carbamates (subject to hydrolysis) is 2. The second-order valence-electron chi connectivity index (χ2n) is 17.0. The van der Waals surface area contributed by atoms with Crippen molar-refractivity contribution in [2.75, 3.05) is 37.5 Å². The zero-order valence-electron chi connectivity index (χ0n) is 35.9. The van der Waals surface area contributed by atoms with Gasteiger partial charge in [0.15, 0.2) is 0 Å². The van der Waals surface area contributed by atoms with Crippen molar-refractivity contribution in [1.82, 2.24) is 30.4 Å². The molecular weight excluding hydrogens is 831 g/mol. The van der Waals surface area contributed by atoms with Gasteiger partial charge in [0.25, 0.3) is 5.92 Å². The number of nitrogens with one attached hydrogen (secondary N) is 4. The van der Waals surface area contributed by atoms with Crippen molar-refractivity contribution >= 4 is 47.2 Å². The monoisotopic (exact) mass is 880 g/mol. The number of anilines is 2. The number of halogens is 2. The highest BCUT2D eigenvalue weighted by molar-refractivity contribution is 6.08. The van der Waals surface area contributed by atoms with Crippen LogP contribution in [0, 0.1) is 5.92 Å². The zero-order valence-corrected chi connectivity index (χ0v) is 35.9. The number of hydrogen-bond donors (Lipinski definition) is 4. The summed E-state index contributed by atoms with van der Waals surface area (Å²) in [5.74, 6) is -5.04. The van der Waals surface area contributed by atoms with Crippen molar-refractivity contribution in [3.63, 3.8) is 0 Å². The summed E-state index contributed by atoms with van der Waals surface area (Å²) in [4.78, 5) is 91.3. The average Bonchev–Trinajstić information content (AvgIpc) is 4.10. The topological polar surface area (TPSA) is 195 Å². The van der Waals surface area contributed by atoms with Gasteiger partial charge in [-0.3, -0.25) is 24.1 Å². The quantitative estimate of drug-likeness (QED) is 0.157. The van der Waals surface area contributed by atoms with E-state index in [-0.39, 0.29) is 23.5 Å². The number of para-hydroxylation sites is 1. The molecule has 0 bridgehead atoms. The van der Waals surface area contributed by atoms with Crippen LogP contribution >= 0.6 is 0 Å². The van der Waals surface area contributed by atoms with E-state index >= 15 is 0 Å². The van der Waals surface area contributed by atoms with Crippen molar-refractivity contribution in [3.05, 3.63) is 89.9 Å². The number of likely N-dealkylation sites (tertiary alicyclic amines) is 2. The van der Waals surface area contributed by atoms with Crippen LogP contribution in [-0.4, -0.2) is 113 Å². The Morgan fingerprint density at radius 1 is 0.859 bits per heavy atom. The molecule has 2 saturated heterocycles. The maximum absolute atomic E-state index is 14.8. The number of benzene rings is 3. The number of aromatic nitrogens is 2. The minimum atomic E-state index is -3.16. The third-order valence-electron chi connectivity index (χ3n) is 12.5. The third-order valence-corrected chi connectivity index (χ3v) is 12.5. The van der Waals surface area contributed by atoms with E-state index in [1.165, 1.54) is 18.2 Å². The number of ether oxygens (including phenoxy) is 2. The number of carbonyl (C=O) groups excluding carboxylic acids is 6. The Bertz CT molecular complexity index is 2460. The van der Waals surface area contributed by atoms with Gasteiger partial charge >= 0.3 is 12.2 Å². The van der Waals surface area contributed by atoms with Crippen molar-refractivity contribution in [1.29, 1.82) is 0 Å². The lowest BCUT2D eigenvalue weighted by Crippen LogP contribution is -2.56. The molecule has 8 rings (SSSR count). The Morgan fingerprint density at radius 2 is 1.53 bits per heavy atom. The van der Waals surface area contributed by atoms with Crippen LogP contribution in [0.2, 0.25) is 0 Å². The summed E-state index contributed by atoms with van der Waals surface area (Å²) < 4.78 is 39.0. The number of amides is 6. The predicted octanol–water partition coefficient (Wildman–Crippen LogP) is 5.59. The van der Waals surface area contributed by atoms with E-state index < -0.39 is 73.1 Å². The largest absolute Gasteiger partial charge is 0.453 e. The summed E-state index contributed by atoms with van der Waals surface area (Å²) in [6.07, 6.45) is 1.61. The van der Waals surface area contributed by atoms with Gasteiger partial charge in [-0.15, -0.1) is 0 Å². The molecule has 18 heteroatoms.